The fourth-order valence-electron chi connectivity index (χ4n) is 2.35. The Morgan fingerprint density at radius 2 is 2.16 bits per heavy atom. The highest BCUT2D eigenvalue weighted by Crippen LogP contribution is 2.29. The molecule has 0 aromatic carbocycles. The van der Waals surface area contributed by atoms with E-state index in [0.717, 1.165) is 19.5 Å². The van der Waals surface area contributed by atoms with Gasteiger partial charge in [0.1, 0.15) is 0 Å². The van der Waals surface area contributed by atoms with Crippen molar-refractivity contribution in [1.29, 1.82) is 0 Å². The lowest BCUT2D eigenvalue weighted by Crippen LogP contribution is -2.40. The van der Waals surface area contributed by atoms with Crippen LogP contribution in [0.15, 0.2) is 5.38 Å². The molecule has 108 valence electrons. The van der Waals surface area contributed by atoms with Crippen molar-refractivity contribution in [2.75, 3.05) is 13.2 Å². The first-order chi connectivity index (χ1) is 9.00. The Morgan fingerprint density at radius 1 is 1.42 bits per heavy atom. The minimum Gasteiger partial charge on any atom is -0.396 e. The Kier molecular flexibility index (Phi) is 4.98. The molecule has 1 fully saturated rings. The van der Waals surface area contributed by atoms with Crippen LogP contribution < -0.4 is 0 Å². The molecule has 3 nitrogen and oxygen atoms in total. The summed E-state index contributed by atoms with van der Waals surface area (Å²) >= 11 is 1.77. The Labute approximate surface area is 120 Å². The summed E-state index contributed by atoms with van der Waals surface area (Å²) in [6.07, 6.45) is 4.83. The van der Waals surface area contributed by atoms with E-state index in [0.29, 0.717) is 6.04 Å². The van der Waals surface area contributed by atoms with Crippen molar-refractivity contribution >= 4 is 11.3 Å². The summed E-state index contributed by atoms with van der Waals surface area (Å²) < 4.78 is 0. The summed E-state index contributed by atoms with van der Waals surface area (Å²) in [5.41, 5.74) is 1.34. The van der Waals surface area contributed by atoms with Gasteiger partial charge in [0, 0.05) is 36.5 Å². The summed E-state index contributed by atoms with van der Waals surface area (Å²) in [5.74, 6) is 0. The van der Waals surface area contributed by atoms with Crippen LogP contribution in [-0.2, 0) is 12.0 Å². The molecule has 0 spiro atoms. The smallest absolute Gasteiger partial charge is 0.0982 e. The van der Waals surface area contributed by atoms with Crippen molar-refractivity contribution in [3.63, 3.8) is 0 Å². The fraction of sp³-hybridized carbons (Fsp3) is 0.800. The predicted molar refractivity (Wildman–Crippen MR) is 80.6 cm³/mol. The fourth-order valence-corrected chi connectivity index (χ4v) is 3.25. The average Bonchev–Trinajstić information content (AvgIpc) is 2.71. The van der Waals surface area contributed by atoms with Gasteiger partial charge in [-0.05, 0) is 19.3 Å². The van der Waals surface area contributed by atoms with Crippen LogP contribution in [0.1, 0.15) is 57.2 Å². The van der Waals surface area contributed by atoms with Gasteiger partial charge in [0.25, 0.3) is 0 Å². The van der Waals surface area contributed by atoms with Crippen LogP contribution in [0, 0.1) is 0 Å². The standard InChI is InChI=1S/C15H26N2OS/c1-15(2,3)14-16-12(11-19-14)10-17(8-5-9-18)13-6-4-7-13/h11,13,18H,4-10H2,1-3H3. The van der Waals surface area contributed by atoms with Gasteiger partial charge in [-0.1, -0.05) is 27.2 Å². The SMILES string of the molecule is CC(C)(C)c1nc(CN(CCCO)C2CCC2)cs1. The van der Waals surface area contributed by atoms with Gasteiger partial charge in [-0.2, -0.15) is 0 Å². The van der Waals surface area contributed by atoms with E-state index in [4.69, 9.17) is 10.1 Å². The van der Waals surface area contributed by atoms with Crippen molar-refractivity contribution in [2.45, 2.75) is 64.5 Å². The highest BCUT2D eigenvalue weighted by molar-refractivity contribution is 7.09. The van der Waals surface area contributed by atoms with E-state index in [-0.39, 0.29) is 12.0 Å². The van der Waals surface area contributed by atoms with E-state index in [9.17, 15) is 0 Å². The second-order valence-electron chi connectivity index (χ2n) is 6.53. The molecule has 1 aromatic heterocycles. The van der Waals surface area contributed by atoms with Gasteiger partial charge in [0.15, 0.2) is 0 Å². The molecule has 1 aliphatic carbocycles. The number of nitrogens with zero attached hydrogens (tertiary/aromatic N) is 2. The summed E-state index contributed by atoms with van der Waals surface area (Å²) in [4.78, 5) is 7.29. The minimum atomic E-state index is 0.148. The van der Waals surface area contributed by atoms with E-state index in [1.807, 2.05) is 0 Å². The van der Waals surface area contributed by atoms with Crippen molar-refractivity contribution in [1.82, 2.24) is 9.88 Å². The molecular formula is C15H26N2OS. The van der Waals surface area contributed by atoms with Gasteiger partial charge in [0.2, 0.25) is 0 Å². The topological polar surface area (TPSA) is 36.4 Å². The van der Waals surface area contributed by atoms with Crippen LogP contribution in [0.5, 0.6) is 0 Å². The maximum absolute atomic E-state index is 9.02. The number of aliphatic hydroxyl groups is 1. The van der Waals surface area contributed by atoms with Crippen LogP contribution in [0.3, 0.4) is 0 Å². The normalized spacial score (nSPS) is 16.9. The zero-order valence-corrected chi connectivity index (χ0v) is 13.2. The molecule has 2 rings (SSSR count). The number of thiazole rings is 1. The summed E-state index contributed by atoms with van der Waals surface area (Å²) in [7, 11) is 0. The molecule has 1 aromatic rings. The molecule has 0 atom stereocenters. The predicted octanol–water partition coefficient (Wildman–Crippen LogP) is 3.18. The zero-order valence-electron chi connectivity index (χ0n) is 12.4. The number of rotatable bonds is 6. The highest BCUT2D eigenvalue weighted by Gasteiger charge is 2.26. The molecular weight excluding hydrogens is 256 g/mol. The van der Waals surface area contributed by atoms with Crippen LogP contribution >= 0.6 is 11.3 Å². The third kappa shape index (κ3) is 4.01. The van der Waals surface area contributed by atoms with Gasteiger partial charge in [-0.3, -0.25) is 4.90 Å². The molecule has 1 aliphatic rings. The number of aliphatic hydroxyl groups excluding tert-OH is 1. The van der Waals surface area contributed by atoms with Gasteiger partial charge >= 0.3 is 0 Å². The largest absolute Gasteiger partial charge is 0.396 e. The lowest BCUT2D eigenvalue weighted by atomic mass is 9.91. The molecule has 0 radical (unpaired) electrons. The van der Waals surface area contributed by atoms with Gasteiger partial charge in [0.05, 0.1) is 10.7 Å². The van der Waals surface area contributed by atoms with Crippen LogP contribution in [0.2, 0.25) is 0 Å². The Hall–Kier alpha value is -0.450. The lowest BCUT2D eigenvalue weighted by Gasteiger charge is -2.37. The number of hydrogen-bond acceptors (Lipinski definition) is 4. The molecule has 1 heterocycles. The van der Waals surface area contributed by atoms with E-state index in [2.05, 4.69) is 31.1 Å². The third-order valence-corrected chi connectivity index (χ3v) is 5.07. The van der Waals surface area contributed by atoms with E-state index < -0.39 is 0 Å². The first-order valence-electron chi connectivity index (χ1n) is 7.30. The molecule has 0 unspecified atom stereocenters. The van der Waals surface area contributed by atoms with Gasteiger partial charge in [-0.15, -0.1) is 11.3 Å². The lowest BCUT2D eigenvalue weighted by molar-refractivity contribution is 0.108. The third-order valence-electron chi connectivity index (χ3n) is 3.75. The van der Waals surface area contributed by atoms with Crippen molar-refractivity contribution < 1.29 is 5.11 Å². The molecule has 1 N–H and O–H groups in total. The van der Waals surface area contributed by atoms with Gasteiger partial charge in [-0.25, -0.2) is 4.98 Å². The molecule has 0 bridgehead atoms. The summed E-state index contributed by atoms with van der Waals surface area (Å²) in [6, 6.07) is 0.714. The molecule has 0 saturated heterocycles. The second-order valence-corrected chi connectivity index (χ2v) is 7.38. The number of aromatic nitrogens is 1. The zero-order chi connectivity index (χ0) is 13.9. The summed E-state index contributed by atoms with van der Waals surface area (Å²) in [6.45, 7) is 8.86. The minimum absolute atomic E-state index is 0.148. The van der Waals surface area contributed by atoms with E-state index in [1.54, 1.807) is 11.3 Å². The average molecular weight is 282 g/mol. The Balaban J connectivity index is 1.97. The molecule has 0 aliphatic heterocycles. The molecule has 0 amide bonds. The van der Waals surface area contributed by atoms with Crippen molar-refractivity contribution in [3.05, 3.63) is 16.1 Å². The van der Waals surface area contributed by atoms with Crippen molar-refractivity contribution in [2.24, 2.45) is 0 Å². The number of hydrogen-bond donors (Lipinski definition) is 1. The van der Waals surface area contributed by atoms with Crippen LogP contribution in [0.4, 0.5) is 0 Å². The summed E-state index contributed by atoms with van der Waals surface area (Å²) in [5, 5.41) is 12.4. The maximum atomic E-state index is 9.02. The highest BCUT2D eigenvalue weighted by atomic mass is 32.1. The van der Waals surface area contributed by atoms with Crippen LogP contribution in [0.25, 0.3) is 0 Å². The molecule has 1 saturated carbocycles. The Morgan fingerprint density at radius 3 is 2.63 bits per heavy atom. The quantitative estimate of drug-likeness (QED) is 0.870. The first kappa shape index (κ1) is 14.9. The van der Waals surface area contributed by atoms with E-state index >= 15 is 0 Å². The van der Waals surface area contributed by atoms with Crippen molar-refractivity contribution in [3.8, 4) is 0 Å². The molecule has 4 heteroatoms. The van der Waals surface area contributed by atoms with Crippen LogP contribution in [-0.4, -0.2) is 34.2 Å². The Bertz CT molecular complexity index is 393. The van der Waals surface area contributed by atoms with Gasteiger partial charge < -0.3 is 5.11 Å². The monoisotopic (exact) mass is 282 g/mol. The van der Waals surface area contributed by atoms with E-state index in [1.165, 1.54) is 30.0 Å². The first-order valence-corrected chi connectivity index (χ1v) is 8.18. The second kappa shape index (κ2) is 6.33. The molecule has 19 heavy (non-hydrogen) atoms. The maximum Gasteiger partial charge on any atom is 0.0982 e.